The maximum atomic E-state index is 6.12. The van der Waals surface area contributed by atoms with Crippen LogP contribution in [-0.2, 0) is 13.1 Å². The van der Waals surface area contributed by atoms with Gasteiger partial charge in [-0.2, -0.15) is 0 Å². The van der Waals surface area contributed by atoms with Crippen LogP contribution in [0.4, 0.5) is 0 Å². The predicted molar refractivity (Wildman–Crippen MR) is 56.0 cm³/mol. The number of aromatic nitrogens is 3. The first-order chi connectivity index (χ1) is 7.33. The van der Waals surface area contributed by atoms with Crippen molar-refractivity contribution in [3.8, 4) is 0 Å². The summed E-state index contributed by atoms with van der Waals surface area (Å²) in [5.74, 6) is 1.86. The summed E-state index contributed by atoms with van der Waals surface area (Å²) in [4.78, 5) is 2.40. The van der Waals surface area contributed by atoms with E-state index in [9.17, 15) is 0 Å². The highest BCUT2D eigenvalue weighted by atomic mass is 15.3. The first-order valence-corrected chi connectivity index (χ1v) is 5.67. The monoisotopic (exact) mass is 207 g/mol. The van der Waals surface area contributed by atoms with Crippen molar-refractivity contribution in [3.63, 3.8) is 0 Å². The number of hydrogen-bond acceptors (Lipinski definition) is 4. The average Bonchev–Trinajstić information content (AvgIpc) is 2.98. The van der Waals surface area contributed by atoms with Gasteiger partial charge in [0.05, 0.1) is 6.54 Å². The minimum Gasteiger partial charge on any atom is -0.326 e. The second kappa shape index (κ2) is 3.57. The SMILES string of the molecule is NC(CN1CCn2cnnc2C1)C1CC1. The molecule has 2 N–H and O–H groups in total. The standard InChI is InChI=1S/C10H17N5/c11-9(8-1-2-8)5-14-3-4-15-7-12-13-10(15)6-14/h7-9H,1-6,11H2. The summed E-state index contributed by atoms with van der Waals surface area (Å²) in [5, 5.41) is 8.03. The molecule has 82 valence electrons. The molecule has 0 amide bonds. The summed E-state index contributed by atoms with van der Waals surface area (Å²) in [7, 11) is 0. The highest BCUT2D eigenvalue weighted by Crippen LogP contribution is 2.32. The second-order valence-corrected chi connectivity index (χ2v) is 4.68. The van der Waals surface area contributed by atoms with Crippen LogP contribution in [0.3, 0.4) is 0 Å². The van der Waals surface area contributed by atoms with Crippen molar-refractivity contribution in [3.05, 3.63) is 12.2 Å². The lowest BCUT2D eigenvalue weighted by molar-refractivity contribution is 0.199. The number of nitrogens with zero attached hydrogens (tertiary/aromatic N) is 4. The van der Waals surface area contributed by atoms with Crippen LogP contribution in [0.15, 0.2) is 6.33 Å². The molecule has 1 unspecified atom stereocenters. The molecule has 1 saturated carbocycles. The van der Waals surface area contributed by atoms with Crippen LogP contribution in [0.1, 0.15) is 18.7 Å². The van der Waals surface area contributed by atoms with Gasteiger partial charge in [0.1, 0.15) is 12.2 Å². The lowest BCUT2D eigenvalue weighted by Gasteiger charge is -2.29. The van der Waals surface area contributed by atoms with Crippen LogP contribution in [0.2, 0.25) is 0 Å². The van der Waals surface area contributed by atoms with Crippen molar-refractivity contribution in [1.82, 2.24) is 19.7 Å². The van der Waals surface area contributed by atoms with Gasteiger partial charge in [-0.1, -0.05) is 0 Å². The molecule has 3 rings (SSSR count). The Labute approximate surface area is 89.3 Å². The van der Waals surface area contributed by atoms with Crippen molar-refractivity contribution in [2.75, 3.05) is 13.1 Å². The highest BCUT2D eigenvalue weighted by Gasteiger charge is 2.30. The van der Waals surface area contributed by atoms with E-state index >= 15 is 0 Å². The molecule has 15 heavy (non-hydrogen) atoms. The van der Waals surface area contributed by atoms with E-state index in [4.69, 9.17) is 5.73 Å². The molecule has 5 heteroatoms. The van der Waals surface area contributed by atoms with Crippen molar-refractivity contribution < 1.29 is 0 Å². The van der Waals surface area contributed by atoms with Crippen molar-refractivity contribution in [2.24, 2.45) is 11.7 Å². The van der Waals surface area contributed by atoms with E-state index in [2.05, 4.69) is 19.7 Å². The molecule has 0 bridgehead atoms. The largest absolute Gasteiger partial charge is 0.326 e. The van der Waals surface area contributed by atoms with Gasteiger partial charge >= 0.3 is 0 Å². The van der Waals surface area contributed by atoms with E-state index in [1.807, 2.05) is 6.33 Å². The maximum absolute atomic E-state index is 6.12. The fraction of sp³-hybridized carbons (Fsp3) is 0.800. The van der Waals surface area contributed by atoms with Gasteiger partial charge in [0.25, 0.3) is 0 Å². The van der Waals surface area contributed by atoms with Crippen LogP contribution in [0, 0.1) is 5.92 Å². The molecule has 2 heterocycles. The predicted octanol–water partition coefficient (Wildman–Crippen LogP) is -0.169. The molecule has 0 spiro atoms. The quantitative estimate of drug-likeness (QED) is 0.747. The van der Waals surface area contributed by atoms with Crippen molar-refractivity contribution >= 4 is 0 Å². The number of hydrogen-bond donors (Lipinski definition) is 1. The zero-order chi connectivity index (χ0) is 10.3. The molecule has 5 nitrogen and oxygen atoms in total. The highest BCUT2D eigenvalue weighted by molar-refractivity contribution is 4.92. The van der Waals surface area contributed by atoms with Gasteiger partial charge in [-0.15, -0.1) is 10.2 Å². The van der Waals surface area contributed by atoms with Crippen molar-refractivity contribution in [2.45, 2.75) is 32.0 Å². The van der Waals surface area contributed by atoms with E-state index in [0.717, 1.165) is 37.9 Å². The molecule has 1 aliphatic heterocycles. The molecule has 1 aromatic rings. The summed E-state index contributed by atoms with van der Waals surface area (Å²) in [5.41, 5.74) is 6.12. The Morgan fingerprint density at radius 2 is 2.33 bits per heavy atom. The Hall–Kier alpha value is -0.940. The first-order valence-electron chi connectivity index (χ1n) is 5.67. The molecule has 1 aromatic heterocycles. The minimum absolute atomic E-state index is 0.361. The van der Waals surface area contributed by atoms with Crippen LogP contribution >= 0.6 is 0 Å². The van der Waals surface area contributed by atoms with Crippen LogP contribution in [0.25, 0.3) is 0 Å². The Morgan fingerprint density at radius 3 is 3.13 bits per heavy atom. The van der Waals surface area contributed by atoms with E-state index in [1.165, 1.54) is 12.8 Å². The van der Waals surface area contributed by atoms with Crippen LogP contribution < -0.4 is 5.73 Å². The van der Waals surface area contributed by atoms with E-state index in [-0.39, 0.29) is 0 Å². The Morgan fingerprint density at radius 1 is 1.47 bits per heavy atom. The molecular weight excluding hydrogens is 190 g/mol. The molecule has 1 aliphatic carbocycles. The zero-order valence-corrected chi connectivity index (χ0v) is 8.84. The third-order valence-electron chi connectivity index (χ3n) is 3.41. The fourth-order valence-electron chi connectivity index (χ4n) is 2.24. The van der Waals surface area contributed by atoms with E-state index in [1.54, 1.807) is 0 Å². The van der Waals surface area contributed by atoms with Crippen LogP contribution in [0.5, 0.6) is 0 Å². The maximum Gasteiger partial charge on any atom is 0.147 e. The molecule has 0 radical (unpaired) electrons. The van der Waals surface area contributed by atoms with Crippen molar-refractivity contribution in [1.29, 1.82) is 0 Å². The topological polar surface area (TPSA) is 60.0 Å². The normalized spacial score (nSPS) is 23.8. The number of fused-ring (bicyclic) bond motifs is 1. The Balaban J connectivity index is 1.60. The third-order valence-corrected chi connectivity index (χ3v) is 3.41. The van der Waals surface area contributed by atoms with Gasteiger partial charge in [-0.3, -0.25) is 4.90 Å². The molecule has 0 aromatic carbocycles. The summed E-state index contributed by atoms with van der Waals surface area (Å²) < 4.78 is 2.12. The lowest BCUT2D eigenvalue weighted by Crippen LogP contribution is -2.42. The molecule has 1 fully saturated rings. The first kappa shape index (κ1) is 9.30. The van der Waals surface area contributed by atoms with Gasteiger partial charge in [0.2, 0.25) is 0 Å². The molecular formula is C10H17N5. The van der Waals surface area contributed by atoms with Gasteiger partial charge in [0.15, 0.2) is 0 Å². The average molecular weight is 207 g/mol. The zero-order valence-electron chi connectivity index (χ0n) is 8.84. The summed E-state index contributed by atoms with van der Waals surface area (Å²) >= 11 is 0. The molecule has 1 atom stereocenters. The Kier molecular flexibility index (Phi) is 2.21. The third kappa shape index (κ3) is 1.89. The summed E-state index contributed by atoms with van der Waals surface area (Å²) in [6.07, 6.45) is 4.46. The summed E-state index contributed by atoms with van der Waals surface area (Å²) in [6, 6.07) is 0.361. The summed E-state index contributed by atoms with van der Waals surface area (Å²) in [6.45, 7) is 3.99. The fourth-order valence-corrected chi connectivity index (χ4v) is 2.24. The van der Waals surface area contributed by atoms with Gasteiger partial charge in [-0.05, 0) is 18.8 Å². The lowest BCUT2D eigenvalue weighted by atomic mass is 10.2. The Bertz CT molecular complexity index is 343. The minimum atomic E-state index is 0.361. The van der Waals surface area contributed by atoms with Gasteiger partial charge in [0, 0.05) is 25.7 Å². The number of rotatable bonds is 3. The van der Waals surface area contributed by atoms with Gasteiger partial charge in [-0.25, -0.2) is 0 Å². The van der Waals surface area contributed by atoms with Crippen LogP contribution in [-0.4, -0.2) is 38.8 Å². The second-order valence-electron chi connectivity index (χ2n) is 4.68. The smallest absolute Gasteiger partial charge is 0.147 e. The number of nitrogens with two attached hydrogens (primary N) is 1. The van der Waals surface area contributed by atoms with Gasteiger partial charge < -0.3 is 10.3 Å². The van der Waals surface area contributed by atoms with E-state index < -0.39 is 0 Å². The van der Waals surface area contributed by atoms with E-state index in [0.29, 0.717) is 6.04 Å². The molecule has 2 aliphatic rings. The molecule has 0 saturated heterocycles.